The van der Waals surface area contributed by atoms with Gasteiger partial charge in [-0.1, -0.05) is 45.9 Å². The minimum Gasteiger partial charge on any atom is -0.396 e. The number of piperidine rings is 1. The number of nitrogens with one attached hydrogen (secondary N) is 1. The number of nitrogens with zero attached hydrogens (tertiary/aromatic N) is 4. The third-order valence-electron chi connectivity index (χ3n) is 7.85. The van der Waals surface area contributed by atoms with Gasteiger partial charge < -0.3 is 15.3 Å². The molecule has 6 heteroatoms. The van der Waals surface area contributed by atoms with Gasteiger partial charge in [-0.25, -0.2) is 15.0 Å². The predicted molar refractivity (Wildman–Crippen MR) is 129 cm³/mol. The van der Waals surface area contributed by atoms with E-state index in [2.05, 4.69) is 71.1 Å². The second kappa shape index (κ2) is 9.06. The SMILES string of the molecule is CC1(C)CCC(C)(C)c2cc(C3(N(CCCCO)c4ncncn4)CCNCC3)ccc21. The summed E-state index contributed by atoms with van der Waals surface area (Å²) in [5, 5.41) is 13.0. The number of rotatable bonds is 7. The number of fused-ring (bicyclic) bond motifs is 1. The van der Waals surface area contributed by atoms with Gasteiger partial charge in [0, 0.05) is 13.2 Å². The van der Waals surface area contributed by atoms with Crippen molar-refractivity contribution in [3.63, 3.8) is 0 Å². The molecule has 32 heavy (non-hydrogen) atoms. The Labute approximate surface area is 192 Å². The van der Waals surface area contributed by atoms with E-state index in [-0.39, 0.29) is 23.0 Å². The topological polar surface area (TPSA) is 74.2 Å². The molecule has 2 aliphatic rings. The molecule has 2 heterocycles. The van der Waals surface area contributed by atoms with Crippen molar-refractivity contribution in [1.82, 2.24) is 20.3 Å². The van der Waals surface area contributed by atoms with Crippen LogP contribution in [-0.4, -0.2) is 46.3 Å². The summed E-state index contributed by atoms with van der Waals surface area (Å²) in [6, 6.07) is 7.27. The summed E-state index contributed by atoms with van der Waals surface area (Å²) in [4.78, 5) is 15.6. The molecule has 0 radical (unpaired) electrons. The third-order valence-corrected chi connectivity index (χ3v) is 7.85. The summed E-state index contributed by atoms with van der Waals surface area (Å²) in [7, 11) is 0. The van der Waals surface area contributed by atoms with Crippen molar-refractivity contribution in [2.75, 3.05) is 31.1 Å². The zero-order valence-corrected chi connectivity index (χ0v) is 20.2. The molecule has 0 unspecified atom stereocenters. The van der Waals surface area contributed by atoms with Crippen LogP contribution in [0.25, 0.3) is 0 Å². The van der Waals surface area contributed by atoms with Gasteiger partial charge in [0.05, 0.1) is 5.54 Å². The second-order valence-corrected chi connectivity index (χ2v) is 10.8. The molecule has 1 fully saturated rings. The molecular formula is C26H39N5O. The summed E-state index contributed by atoms with van der Waals surface area (Å²) >= 11 is 0. The first-order valence-corrected chi connectivity index (χ1v) is 12.2. The monoisotopic (exact) mass is 437 g/mol. The highest BCUT2D eigenvalue weighted by Gasteiger charge is 2.43. The van der Waals surface area contributed by atoms with E-state index in [0.29, 0.717) is 0 Å². The normalized spacial score (nSPS) is 21.0. The number of unbranched alkanes of at least 4 members (excludes halogenated alkanes) is 1. The van der Waals surface area contributed by atoms with Crippen molar-refractivity contribution in [3.05, 3.63) is 47.5 Å². The van der Waals surface area contributed by atoms with E-state index in [1.807, 2.05) is 0 Å². The predicted octanol–water partition coefficient (Wildman–Crippen LogP) is 4.08. The van der Waals surface area contributed by atoms with E-state index in [0.717, 1.165) is 51.3 Å². The molecule has 4 rings (SSSR count). The Hall–Kier alpha value is -2.05. The van der Waals surface area contributed by atoms with Crippen LogP contribution in [0.2, 0.25) is 0 Å². The number of hydrogen-bond acceptors (Lipinski definition) is 6. The fraction of sp³-hybridized carbons (Fsp3) is 0.654. The van der Waals surface area contributed by atoms with Gasteiger partial charge in [0.15, 0.2) is 0 Å². The lowest BCUT2D eigenvalue weighted by Gasteiger charge is -2.49. The van der Waals surface area contributed by atoms with Crippen LogP contribution >= 0.6 is 0 Å². The molecule has 1 aromatic carbocycles. The number of aliphatic hydroxyl groups excluding tert-OH is 1. The molecule has 0 amide bonds. The maximum absolute atomic E-state index is 9.41. The molecule has 1 aliphatic heterocycles. The largest absolute Gasteiger partial charge is 0.396 e. The van der Waals surface area contributed by atoms with Crippen LogP contribution < -0.4 is 10.2 Å². The van der Waals surface area contributed by atoms with Crippen LogP contribution in [0.1, 0.15) is 82.9 Å². The van der Waals surface area contributed by atoms with Crippen molar-refractivity contribution in [3.8, 4) is 0 Å². The van der Waals surface area contributed by atoms with Gasteiger partial charge in [0.2, 0.25) is 5.95 Å². The second-order valence-electron chi connectivity index (χ2n) is 10.8. The summed E-state index contributed by atoms with van der Waals surface area (Å²) in [5.74, 6) is 0.733. The van der Waals surface area contributed by atoms with Gasteiger partial charge in [-0.2, -0.15) is 0 Å². The van der Waals surface area contributed by atoms with E-state index >= 15 is 0 Å². The number of aliphatic hydroxyl groups is 1. The van der Waals surface area contributed by atoms with Crippen molar-refractivity contribution in [1.29, 1.82) is 0 Å². The average molecular weight is 438 g/mol. The van der Waals surface area contributed by atoms with Gasteiger partial charge in [-0.15, -0.1) is 0 Å². The third kappa shape index (κ3) is 4.27. The summed E-state index contributed by atoms with van der Waals surface area (Å²) in [5.41, 5.74) is 4.56. The molecule has 0 saturated carbocycles. The molecule has 1 aliphatic carbocycles. The molecular weight excluding hydrogens is 398 g/mol. The van der Waals surface area contributed by atoms with Gasteiger partial charge in [-0.05, 0) is 79.1 Å². The van der Waals surface area contributed by atoms with Crippen LogP contribution in [0, 0.1) is 0 Å². The molecule has 0 spiro atoms. The van der Waals surface area contributed by atoms with Crippen LogP contribution in [0.4, 0.5) is 5.95 Å². The van der Waals surface area contributed by atoms with Gasteiger partial charge in [0.25, 0.3) is 0 Å². The minimum absolute atomic E-state index is 0.170. The van der Waals surface area contributed by atoms with Gasteiger partial charge >= 0.3 is 0 Å². The maximum Gasteiger partial charge on any atom is 0.229 e. The van der Waals surface area contributed by atoms with E-state index in [1.165, 1.54) is 29.5 Å². The Morgan fingerprint density at radius 3 is 2.22 bits per heavy atom. The van der Waals surface area contributed by atoms with Gasteiger partial charge in [0.1, 0.15) is 12.7 Å². The highest BCUT2D eigenvalue weighted by atomic mass is 16.2. The molecule has 1 aromatic heterocycles. The van der Waals surface area contributed by atoms with Crippen molar-refractivity contribution in [2.24, 2.45) is 0 Å². The molecule has 0 atom stereocenters. The number of hydrogen-bond donors (Lipinski definition) is 2. The molecule has 0 bridgehead atoms. The lowest BCUT2D eigenvalue weighted by atomic mass is 9.62. The quantitative estimate of drug-likeness (QED) is 0.636. The first-order valence-electron chi connectivity index (χ1n) is 12.2. The van der Waals surface area contributed by atoms with E-state index in [1.54, 1.807) is 12.7 Å². The van der Waals surface area contributed by atoms with E-state index in [9.17, 15) is 5.11 Å². The highest BCUT2D eigenvalue weighted by Crippen LogP contribution is 2.48. The Bertz CT molecular complexity index is 906. The number of aromatic nitrogens is 3. The molecule has 1 saturated heterocycles. The van der Waals surface area contributed by atoms with E-state index in [4.69, 9.17) is 0 Å². The Morgan fingerprint density at radius 2 is 1.56 bits per heavy atom. The van der Waals surface area contributed by atoms with Crippen molar-refractivity contribution in [2.45, 2.75) is 82.6 Å². The maximum atomic E-state index is 9.41. The molecule has 2 aromatic rings. The van der Waals surface area contributed by atoms with Crippen molar-refractivity contribution < 1.29 is 5.11 Å². The lowest BCUT2D eigenvalue weighted by molar-refractivity contribution is 0.266. The Morgan fingerprint density at radius 1 is 0.906 bits per heavy atom. The van der Waals surface area contributed by atoms with Crippen LogP contribution in [0.15, 0.2) is 30.9 Å². The van der Waals surface area contributed by atoms with Crippen molar-refractivity contribution >= 4 is 5.95 Å². The molecule has 174 valence electrons. The zero-order chi connectivity index (χ0) is 22.8. The molecule has 2 N–H and O–H groups in total. The first-order chi connectivity index (χ1) is 15.3. The Kier molecular flexibility index (Phi) is 6.55. The fourth-order valence-electron chi connectivity index (χ4n) is 5.69. The number of benzene rings is 1. The first kappa shape index (κ1) is 23.1. The lowest BCUT2D eigenvalue weighted by Crippen LogP contribution is -2.54. The smallest absolute Gasteiger partial charge is 0.229 e. The van der Waals surface area contributed by atoms with Gasteiger partial charge in [-0.3, -0.25) is 0 Å². The van der Waals surface area contributed by atoms with E-state index < -0.39 is 0 Å². The molecule has 6 nitrogen and oxygen atoms in total. The number of anilines is 1. The van der Waals surface area contributed by atoms with Crippen LogP contribution in [0.3, 0.4) is 0 Å². The zero-order valence-electron chi connectivity index (χ0n) is 20.2. The van der Waals surface area contributed by atoms with Crippen LogP contribution in [0.5, 0.6) is 0 Å². The average Bonchev–Trinajstić information content (AvgIpc) is 2.81. The highest BCUT2D eigenvalue weighted by molar-refractivity contribution is 5.49. The summed E-state index contributed by atoms with van der Waals surface area (Å²) in [6.07, 6.45) is 9.30. The van der Waals surface area contributed by atoms with Crippen LogP contribution in [-0.2, 0) is 16.4 Å². The Balaban J connectivity index is 1.84. The summed E-state index contributed by atoms with van der Waals surface area (Å²) in [6.45, 7) is 12.5. The summed E-state index contributed by atoms with van der Waals surface area (Å²) < 4.78 is 0. The minimum atomic E-state index is -0.172. The fourth-order valence-corrected chi connectivity index (χ4v) is 5.69. The standard InChI is InChI=1S/C26H39N5O/c1-24(2)9-10-25(3,4)22-17-20(7-8-21(22)24)26(11-13-27-14-12-26)31(15-5-6-16-32)23-29-18-28-19-30-23/h7-8,17-19,27,32H,5-6,9-16H2,1-4H3.